The van der Waals surface area contributed by atoms with Crippen molar-refractivity contribution >= 4 is 35.8 Å². The Morgan fingerprint density at radius 3 is 2.74 bits per heavy atom. The lowest BCUT2D eigenvalue weighted by molar-refractivity contribution is -0.127. The monoisotopic (exact) mass is 539 g/mol. The van der Waals surface area contributed by atoms with Crippen LogP contribution in [0.2, 0.25) is 0 Å². The molecule has 170 valence electrons. The molecule has 1 atom stereocenters. The van der Waals surface area contributed by atoms with E-state index in [1.165, 1.54) is 5.56 Å². The lowest BCUT2D eigenvalue weighted by atomic mass is 10.1. The largest absolute Gasteiger partial charge is 0.359 e. The first-order chi connectivity index (χ1) is 14.5. The van der Waals surface area contributed by atoms with Crippen LogP contribution >= 0.6 is 24.0 Å². The van der Waals surface area contributed by atoms with E-state index in [9.17, 15) is 4.79 Å². The fourth-order valence-electron chi connectivity index (χ4n) is 3.53. The molecule has 31 heavy (non-hydrogen) atoms. The number of benzene rings is 1. The summed E-state index contributed by atoms with van der Waals surface area (Å²) in [5, 5.41) is 10.7. The van der Waals surface area contributed by atoms with Crippen LogP contribution in [0, 0.1) is 5.92 Å². The third kappa shape index (κ3) is 7.83. The average molecular weight is 539 g/mol. The molecule has 0 aliphatic carbocycles. The highest BCUT2D eigenvalue weighted by Crippen LogP contribution is 2.18. The molecule has 1 amide bonds. The number of likely N-dealkylation sites (tertiary alicyclic amines) is 1. The van der Waals surface area contributed by atoms with E-state index in [-0.39, 0.29) is 35.8 Å². The van der Waals surface area contributed by atoms with Crippen LogP contribution in [0.5, 0.6) is 0 Å². The number of hydrogen-bond donors (Lipinski definition) is 2. The van der Waals surface area contributed by atoms with Crippen molar-refractivity contribution in [3.8, 4) is 0 Å². The van der Waals surface area contributed by atoms with Gasteiger partial charge in [-0.05, 0) is 24.8 Å². The minimum Gasteiger partial charge on any atom is -0.359 e. The average Bonchev–Trinajstić information content (AvgIpc) is 3.36. The second kappa shape index (κ2) is 12.7. The first kappa shape index (κ1) is 25.2. The molecule has 2 N–H and O–H groups in total. The Balaban J connectivity index is 0.00000341. The number of aliphatic imine (C=N–C) groups is 1. The summed E-state index contributed by atoms with van der Waals surface area (Å²) < 4.78 is 5.36. The SMILES string of the molecule is CCNC(=NCc1cc(C(C)C)no1)NCC1CC(=O)N(CCc2ccccc2)C1.I. The number of halogens is 1. The Kier molecular flexibility index (Phi) is 10.3. The standard InChI is InChI=1S/C23H33N5O2.HI/c1-4-24-23(26-15-20-13-21(17(2)3)27-30-20)25-14-19-12-22(29)28(16-19)11-10-18-8-6-5-7-9-18;/h5-9,13,17,19H,4,10-12,14-16H2,1-3H3,(H2,24,25,26);1H. The highest BCUT2D eigenvalue weighted by atomic mass is 127. The van der Waals surface area contributed by atoms with E-state index in [1.807, 2.05) is 36.1 Å². The van der Waals surface area contributed by atoms with E-state index in [0.717, 1.165) is 43.5 Å². The van der Waals surface area contributed by atoms with Crippen LogP contribution in [-0.2, 0) is 17.8 Å². The summed E-state index contributed by atoms with van der Waals surface area (Å²) in [5.74, 6) is 2.34. The van der Waals surface area contributed by atoms with Crippen molar-refractivity contribution in [1.82, 2.24) is 20.7 Å². The zero-order valence-corrected chi connectivity index (χ0v) is 21.0. The Morgan fingerprint density at radius 1 is 1.29 bits per heavy atom. The maximum atomic E-state index is 12.4. The maximum Gasteiger partial charge on any atom is 0.223 e. The van der Waals surface area contributed by atoms with Gasteiger partial charge in [-0.25, -0.2) is 4.99 Å². The van der Waals surface area contributed by atoms with Gasteiger partial charge in [-0.2, -0.15) is 0 Å². The van der Waals surface area contributed by atoms with E-state index in [0.29, 0.717) is 25.4 Å². The fourth-order valence-corrected chi connectivity index (χ4v) is 3.53. The minimum absolute atomic E-state index is 0. The second-order valence-corrected chi connectivity index (χ2v) is 8.09. The summed E-state index contributed by atoms with van der Waals surface area (Å²) in [4.78, 5) is 18.9. The molecule has 0 radical (unpaired) electrons. The van der Waals surface area contributed by atoms with Gasteiger partial charge in [0.1, 0.15) is 6.54 Å². The van der Waals surface area contributed by atoms with E-state index >= 15 is 0 Å². The van der Waals surface area contributed by atoms with Gasteiger partial charge in [0.15, 0.2) is 11.7 Å². The molecule has 3 rings (SSSR count). The number of carbonyl (C=O) groups is 1. The molecule has 2 heterocycles. The van der Waals surface area contributed by atoms with Gasteiger partial charge < -0.3 is 20.1 Å². The van der Waals surface area contributed by atoms with Crippen molar-refractivity contribution in [3.05, 3.63) is 53.4 Å². The van der Waals surface area contributed by atoms with Crippen molar-refractivity contribution in [3.63, 3.8) is 0 Å². The zero-order chi connectivity index (χ0) is 21.3. The van der Waals surface area contributed by atoms with Gasteiger partial charge in [0.05, 0.1) is 5.69 Å². The van der Waals surface area contributed by atoms with Gasteiger partial charge in [0.2, 0.25) is 5.91 Å². The van der Waals surface area contributed by atoms with Crippen LogP contribution in [0.25, 0.3) is 0 Å². The number of hydrogen-bond acceptors (Lipinski definition) is 4. The van der Waals surface area contributed by atoms with Crippen LogP contribution in [0.3, 0.4) is 0 Å². The predicted octanol–water partition coefficient (Wildman–Crippen LogP) is 3.56. The molecule has 1 saturated heterocycles. The number of nitrogens with one attached hydrogen (secondary N) is 2. The van der Waals surface area contributed by atoms with Crippen molar-refractivity contribution in [2.24, 2.45) is 10.9 Å². The maximum absolute atomic E-state index is 12.4. The van der Waals surface area contributed by atoms with Crippen LogP contribution in [0.4, 0.5) is 0 Å². The molecule has 0 saturated carbocycles. The topological polar surface area (TPSA) is 82.8 Å². The molecular formula is C23H34IN5O2. The lowest BCUT2D eigenvalue weighted by Crippen LogP contribution is -2.40. The van der Waals surface area contributed by atoms with Gasteiger partial charge >= 0.3 is 0 Å². The summed E-state index contributed by atoms with van der Waals surface area (Å²) in [5.41, 5.74) is 2.21. The molecule has 2 aromatic rings. The Bertz CT molecular complexity index is 838. The normalized spacial score (nSPS) is 16.5. The first-order valence-electron chi connectivity index (χ1n) is 10.8. The fraction of sp³-hybridized carbons (Fsp3) is 0.522. The number of aromatic nitrogens is 1. The molecule has 1 fully saturated rings. The lowest BCUT2D eigenvalue weighted by Gasteiger charge is -2.17. The van der Waals surface area contributed by atoms with Gasteiger partial charge in [-0.1, -0.05) is 49.3 Å². The van der Waals surface area contributed by atoms with Crippen molar-refractivity contribution in [1.29, 1.82) is 0 Å². The number of rotatable bonds is 9. The summed E-state index contributed by atoms with van der Waals surface area (Å²) in [7, 11) is 0. The molecule has 0 spiro atoms. The summed E-state index contributed by atoms with van der Waals surface area (Å²) in [6.07, 6.45) is 1.48. The third-order valence-corrected chi connectivity index (χ3v) is 5.27. The zero-order valence-electron chi connectivity index (χ0n) is 18.6. The molecule has 1 unspecified atom stereocenters. The van der Waals surface area contributed by atoms with Gasteiger partial charge in [-0.3, -0.25) is 4.79 Å². The smallest absolute Gasteiger partial charge is 0.223 e. The van der Waals surface area contributed by atoms with Crippen molar-refractivity contribution in [2.75, 3.05) is 26.2 Å². The highest BCUT2D eigenvalue weighted by Gasteiger charge is 2.29. The molecular weight excluding hydrogens is 505 g/mol. The minimum atomic E-state index is 0. The van der Waals surface area contributed by atoms with Crippen molar-refractivity contribution < 1.29 is 9.32 Å². The van der Waals surface area contributed by atoms with E-state index in [4.69, 9.17) is 4.52 Å². The van der Waals surface area contributed by atoms with Crippen molar-refractivity contribution in [2.45, 2.75) is 46.1 Å². The van der Waals surface area contributed by atoms with Gasteiger partial charge in [0, 0.05) is 44.6 Å². The van der Waals surface area contributed by atoms with Crippen LogP contribution in [0.15, 0.2) is 45.9 Å². The first-order valence-corrected chi connectivity index (χ1v) is 10.8. The molecule has 7 nitrogen and oxygen atoms in total. The molecule has 1 aromatic heterocycles. The van der Waals surface area contributed by atoms with Crippen LogP contribution in [0.1, 0.15) is 50.1 Å². The number of amides is 1. The molecule has 1 aromatic carbocycles. The second-order valence-electron chi connectivity index (χ2n) is 8.09. The quantitative estimate of drug-likeness (QED) is 0.290. The Labute approximate surface area is 202 Å². The Hall–Kier alpha value is -2.10. The predicted molar refractivity (Wildman–Crippen MR) is 134 cm³/mol. The summed E-state index contributed by atoms with van der Waals surface area (Å²) >= 11 is 0. The molecule has 8 heteroatoms. The van der Waals surface area contributed by atoms with E-state index < -0.39 is 0 Å². The van der Waals surface area contributed by atoms with Gasteiger partial charge in [0.25, 0.3) is 0 Å². The highest BCUT2D eigenvalue weighted by molar-refractivity contribution is 14.0. The molecule has 1 aliphatic rings. The number of nitrogens with zero attached hydrogens (tertiary/aromatic N) is 3. The van der Waals surface area contributed by atoms with E-state index in [2.05, 4.69) is 46.8 Å². The van der Waals surface area contributed by atoms with Gasteiger partial charge in [-0.15, -0.1) is 24.0 Å². The van der Waals surface area contributed by atoms with Crippen LogP contribution < -0.4 is 10.6 Å². The third-order valence-electron chi connectivity index (χ3n) is 5.27. The summed E-state index contributed by atoms with van der Waals surface area (Å²) in [6.45, 7) is 9.69. The number of carbonyl (C=O) groups excluding carboxylic acids is 1. The Morgan fingerprint density at radius 2 is 2.06 bits per heavy atom. The molecule has 1 aliphatic heterocycles. The van der Waals surface area contributed by atoms with E-state index in [1.54, 1.807) is 0 Å². The number of guanidine groups is 1. The van der Waals surface area contributed by atoms with Crippen LogP contribution in [-0.4, -0.2) is 48.1 Å². The summed E-state index contributed by atoms with van der Waals surface area (Å²) in [6, 6.07) is 12.3. The molecule has 0 bridgehead atoms.